The predicted molar refractivity (Wildman–Crippen MR) is 105 cm³/mol. The van der Waals surface area contributed by atoms with Gasteiger partial charge in [-0.25, -0.2) is 0 Å². The summed E-state index contributed by atoms with van der Waals surface area (Å²) in [5, 5.41) is 25.5. The molecule has 3 unspecified atom stereocenters. The van der Waals surface area contributed by atoms with Crippen molar-refractivity contribution in [2.45, 2.75) is 45.3 Å². The van der Waals surface area contributed by atoms with Crippen LogP contribution in [0.5, 0.6) is 5.75 Å². The summed E-state index contributed by atoms with van der Waals surface area (Å²) < 4.78 is 0. The van der Waals surface area contributed by atoms with Crippen LogP contribution in [0, 0.1) is 5.92 Å². The zero-order valence-corrected chi connectivity index (χ0v) is 16.6. The normalized spacial score (nSPS) is 13.8. The molecule has 0 aliphatic carbocycles. The molecule has 0 saturated carbocycles. The van der Waals surface area contributed by atoms with E-state index in [0.717, 1.165) is 0 Å². The minimum Gasteiger partial charge on any atom is -0.508 e. The molecule has 10 nitrogen and oxygen atoms in total. The van der Waals surface area contributed by atoms with Crippen molar-refractivity contribution in [2.24, 2.45) is 11.7 Å². The maximum absolute atomic E-state index is 12.5. The molecule has 0 aliphatic rings. The average molecular weight is 408 g/mol. The predicted octanol–water partition coefficient (Wildman–Crippen LogP) is -0.892. The number of phenolic OH excluding ortho intramolecular Hbond substituents is 1. The average Bonchev–Trinajstić information content (AvgIpc) is 2.66. The van der Waals surface area contributed by atoms with Crippen LogP contribution >= 0.6 is 0 Å². The van der Waals surface area contributed by atoms with E-state index in [4.69, 9.17) is 10.8 Å². The van der Waals surface area contributed by atoms with E-state index in [2.05, 4.69) is 16.0 Å². The van der Waals surface area contributed by atoms with Gasteiger partial charge >= 0.3 is 5.97 Å². The van der Waals surface area contributed by atoms with Crippen LogP contribution in [0.1, 0.15) is 26.3 Å². The van der Waals surface area contributed by atoms with E-state index in [1.807, 2.05) is 0 Å². The van der Waals surface area contributed by atoms with Crippen molar-refractivity contribution in [1.29, 1.82) is 0 Å². The Hall–Kier alpha value is -3.14. The Kier molecular flexibility index (Phi) is 9.07. The van der Waals surface area contributed by atoms with Crippen LogP contribution in [0.15, 0.2) is 24.3 Å². The summed E-state index contributed by atoms with van der Waals surface area (Å²) >= 11 is 0. The second-order valence-corrected chi connectivity index (χ2v) is 7.05. The molecule has 7 N–H and O–H groups in total. The van der Waals surface area contributed by atoms with E-state index in [1.165, 1.54) is 19.1 Å². The van der Waals surface area contributed by atoms with Gasteiger partial charge in [0.05, 0.1) is 12.6 Å². The third-order valence-corrected chi connectivity index (χ3v) is 4.20. The van der Waals surface area contributed by atoms with Crippen molar-refractivity contribution in [3.05, 3.63) is 29.8 Å². The quantitative estimate of drug-likeness (QED) is 0.291. The van der Waals surface area contributed by atoms with Gasteiger partial charge in [-0.05, 0) is 30.5 Å². The Morgan fingerprint density at radius 1 is 1.00 bits per heavy atom. The van der Waals surface area contributed by atoms with E-state index in [0.29, 0.717) is 5.56 Å². The molecule has 0 fully saturated rings. The molecule has 0 aliphatic heterocycles. The number of benzene rings is 1. The number of carboxylic acid groups (broad SMARTS) is 1. The number of carbonyl (C=O) groups excluding carboxylic acids is 3. The zero-order valence-electron chi connectivity index (χ0n) is 16.6. The number of nitrogens with one attached hydrogen (secondary N) is 3. The molecule has 0 heterocycles. The molecular formula is C19H28N4O6. The lowest BCUT2D eigenvalue weighted by Gasteiger charge is -2.21. The third-order valence-electron chi connectivity index (χ3n) is 4.20. The highest BCUT2D eigenvalue weighted by molar-refractivity contribution is 5.92. The fourth-order valence-corrected chi connectivity index (χ4v) is 2.29. The summed E-state index contributed by atoms with van der Waals surface area (Å²) in [5.74, 6) is -3.09. The number of amides is 3. The van der Waals surface area contributed by atoms with E-state index in [1.54, 1.807) is 26.0 Å². The number of carbonyl (C=O) groups is 4. The van der Waals surface area contributed by atoms with Gasteiger partial charge in [-0.1, -0.05) is 26.0 Å². The third kappa shape index (κ3) is 8.18. The lowest BCUT2D eigenvalue weighted by Crippen LogP contribution is -2.54. The molecule has 29 heavy (non-hydrogen) atoms. The maximum atomic E-state index is 12.5. The largest absolute Gasteiger partial charge is 0.508 e. The number of carboxylic acids is 1. The molecule has 0 aromatic heterocycles. The van der Waals surface area contributed by atoms with Crippen LogP contribution in [-0.2, 0) is 25.6 Å². The van der Waals surface area contributed by atoms with Crippen molar-refractivity contribution in [2.75, 3.05) is 6.54 Å². The van der Waals surface area contributed by atoms with Crippen LogP contribution in [0.3, 0.4) is 0 Å². The molecule has 3 amide bonds. The van der Waals surface area contributed by atoms with Gasteiger partial charge in [-0.2, -0.15) is 0 Å². The van der Waals surface area contributed by atoms with Crippen molar-refractivity contribution in [1.82, 2.24) is 16.0 Å². The number of phenols is 1. The number of aliphatic carboxylic acids is 1. The Balaban J connectivity index is 2.80. The maximum Gasteiger partial charge on any atom is 0.325 e. The van der Waals surface area contributed by atoms with Crippen molar-refractivity contribution < 1.29 is 29.4 Å². The van der Waals surface area contributed by atoms with Gasteiger partial charge in [-0.3, -0.25) is 19.2 Å². The van der Waals surface area contributed by atoms with Crippen LogP contribution < -0.4 is 21.7 Å². The van der Waals surface area contributed by atoms with Gasteiger partial charge in [-0.15, -0.1) is 0 Å². The van der Waals surface area contributed by atoms with Crippen LogP contribution in [0.4, 0.5) is 0 Å². The highest BCUT2D eigenvalue weighted by Gasteiger charge is 2.25. The van der Waals surface area contributed by atoms with Crippen molar-refractivity contribution in [3.63, 3.8) is 0 Å². The molecule has 160 valence electrons. The minimum atomic E-state index is -1.22. The van der Waals surface area contributed by atoms with E-state index in [9.17, 15) is 24.3 Å². The summed E-state index contributed by atoms with van der Waals surface area (Å²) in [6.45, 7) is 4.46. The van der Waals surface area contributed by atoms with Crippen LogP contribution in [-0.4, -0.2) is 58.6 Å². The Morgan fingerprint density at radius 3 is 2.10 bits per heavy atom. The Bertz CT molecular complexity index is 735. The summed E-state index contributed by atoms with van der Waals surface area (Å²) in [6, 6.07) is 3.02. The van der Waals surface area contributed by atoms with Crippen molar-refractivity contribution in [3.8, 4) is 5.75 Å². The van der Waals surface area contributed by atoms with Gasteiger partial charge in [0.1, 0.15) is 17.8 Å². The van der Waals surface area contributed by atoms with Crippen LogP contribution in [0.25, 0.3) is 0 Å². The number of rotatable bonds is 10. The van der Waals surface area contributed by atoms with Gasteiger partial charge in [0.25, 0.3) is 0 Å². The SMILES string of the molecule is CC(NC(=O)C(Cc1ccc(O)cc1)NC(=O)CNC(=O)C(N)C(C)C)C(=O)O. The standard InChI is InChI=1S/C19H28N4O6/c1-10(2)16(20)18(27)21-9-15(25)23-14(17(26)22-11(3)19(28)29)8-12-4-6-13(24)7-5-12/h4-7,10-11,14,16,24H,8-9,20H2,1-3H3,(H,21,27)(H,22,26)(H,23,25)(H,28,29). The second-order valence-electron chi connectivity index (χ2n) is 7.05. The fraction of sp³-hybridized carbons (Fsp3) is 0.474. The number of hydrogen-bond donors (Lipinski definition) is 6. The molecule has 1 aromatic carbocycles. The highest BCUT2D eigenvalue weighted by Crippen LogP contribution is 2.11. The molecule has 1 aromatic rings. The van der Waals surface area contributed by atoms with E-state index < -0.39 is 41.8 Å². The number of hydrogen-bond acceptors (Lipinski definition) is 6. The Labute approximate surface area is 168 Å². The number of aromatic hydroxyl groups is 1. The Morgan fingerprint density at radius 2 is 1.59 bits per heavy atom. The smallest absolute Gasteiger partial charge is 0.325 e. The first kappa shape index (κ1) is 23.9. The lowest BCUT2D eigenvalue weighted by atomic mass is 10.0. The molecule has 0 spiro atoms. The highest BCUT2D eigenvalue weighted by atomic mass is 16.4. The van der Waals surface area contributed by atoms with Gasteiger partial charge in [0.2, 0.25) is 17.7 Å². The first-order valence-corrected chi connectivity index (χ1v) is 9.15. The second kappa shape index (κ2) is 11.0. The van der Waals surface area contributed by atoms with E-state index >= 15 is 0 Å². The minimum absolute atomic E-state index is 0.0440. The van der Waals surface area contributed by atoms with Gasteiger partial charge < -0.3 is 31.9 Å². The monoisotopic (exact) mass is 408 g/mol. The summed E-state index contributed by atoms with van der Waals surface area (Å²) in [7, 11) is 0. The summed E-state index contributed by atoms with van der Waals surface area (Å²) in [4.78, 5) is 47.5. The first-order valence-electron chi connectivity index (χ1n) is 9.15. The number of nitrogens with two attached hydrogens (primary N) is 1. The van der Waals surface area contributed by atoms with Gasteiger partial charge in [0, 0.05) is 6.42 Å². The molecular weight excluding hydrogens is 380 g/mol. The molecule has 1 rings (SSSR count). The lowest BCUT2D eigenvalue weighted by molar-refractivity contribution is -0.141. The first-order chi connectivity index (χ1) is 13.5. The molecule has 10 heteroatoms. The molecule has 0 bridgehead atoms. The molecule has 0 radical (unpaired) electrons. The van der Waals surface area contributed by atoms with E-state index in [-0.39, 0.29) is 24.6 Å². The van der Waals surface area contributed by atoms with Gasteiger partial charge in [0.15, 0.2) is 0 Å². The summed E-state index contributed by atoms with van der Waals surface area (Å²) in [5.41, 5.74) is 6.35. The summed E-state index contributed by atoms with van der Waals surface area (Å²) in [6.07, 6.45) is 0.0592. The topological polar surface area (TPSA) is 171 Å². The van der Waals surface area contributed by atoms with Crippen LogP contribution in [0.2, 0.25) is 0 Å². The molecule has 3 atom stereocenters. The fourth-order valence-electron chi connectivity index (χ4n) is 2.29. The van der Waals surface area contributed by atoms with Crippen molar-refractivity contribution >= 4 is 23.7 Å². The zero-order chi connectivity index (χ0) is 22.1. The molecule has 0 saturated heterocycles.